The predicted molar refractivity (Wildman–Crippen MR) is 118 cm³/mol. The maximum absolute atomic E-state index is 13.1. The number of sulfonamides is 1. The van der Waals surface area contributed by atoms with Crippen molar-refractivity contribution in [3.63, 3.8) is 0 Å². The summed E-state index contributed by atoms with van der Waals surface area (Å²) >= 11 is 0. The van der Waals surface area contributed by atoms with Gasteiger partial charge in [-0.1, -0.05) is 30.3 Å². The number of nitrogens with zero attached hydrogens (tertiary/aromatic N) is 3. The van der Waals surface area contributed by atoms with E-state index in [1.807, 2.05) is 30.3 Å². The summed E-state index contributed by atoms with van der Waals surface area (Å²) in [6.45, 7) is 1.24. The Bertz CT molecular complexity index is 1230. The molecule has 0 amide bonds. The summed E-state index contributed by atoms with van der Waals surface area (Å²) in [7, 11) is -1.66. The Kier molecular flexibility index (Phi) is 5.97. The van der Waals surface area contributed by atoms with Crippen molar-refractivity contribution in [2.75, 3.05) is 26.5 Å². The molecule has 0 bridgehead atoms. The van der Waals surface area contributed by atoms with E-state index in [0.29, 0.717) is 54.9 Å². The van der Waals surface area contributed by atoms with Gasteiger partial charge in [-0.25, -0.2) is 17.7 Å². The third-order valence-corrected chi connectivity index (χ3v) is 6.77. The molecule has 0 unspecified atom stereocenters. The lowest BCUT2D eigenvalue weighted by molar-refractivity contribution is 0.131. The maximum Gasteiger partial charge on any atom is 0.261 e. The summed E-state index contributed by atoms with van der Waals surface area (Å²) in [4.78, 5) is 17.5. The van der Waals surface area contributed by atoms with E-state index in [2.05, 4.69) is 4.98 Å². The average Bonchev–Trinajstić information content (AvgIpc) is 2.76. The molecule has 0 N–H and O–H groups in total. The van der Waals surface area contributed by atoms with Crippen LogP contribution in [0.4, 0.5) is 0 Å². The number of benzene rings is 2. The molecule has 0 saturated carbocycles. The third-order valence-electron chi connectivity index (χ3n) is 5.47. The van der Waals surface area contributed by atoms with Crippen molar-refractivity contribution >= 4 is 20.9 Å². The van der Waals surface area contributed by atoms with Crippen LogP contribution in [0.25, 0.3) is 10.9 Å². The quantitative estimate of drug-likeness (QED) is 0.580. The van der Waals surface area contributed by atoms with Crippen LogP contribution in [0, 0.1) is 0 Å². The highest BCUT2D eigenvalue weighted by Crippen LogP contribution is 2.32. The topological polar surface area (TPSA) is 90.7 Å². The Morgan fingerprint density at radius 2 is 1.81 bits per heavy atom. The highest BCUT2D eigenvalue weighted by atomic mass is 32.2. The van der Waals surface area contributed by atoms with Gasteiger partial charge in [-0.2, -0.15) is 0 Å². The number of ether oxygens (including phenoxy) is 2. The molecular formula is C22H25N3O5S. The van der Waals surface area contributed by atoms with Crippen LogP contribution in [0.2, 0.25) is 0 Å². The molecule has 31 heavy (non-hydrogen) atoms. The Morgan fingerprint density at radius 1 is 1.10 bits per heavy atom. The van der Waals surface area contributed by atoms with Crippen molar-refractivity contribution in [3.05, 3.63) is 64.7 Å². The number of hydrogen-bond donors (Lipinski definition) is 0. The number of methoxy groups -OCH3 is 1. The van der Waals surface area contributed by atoms with Gasteiger partial charge in [0.15, 0.2) is 11.5 Å². The van der Waals surface area contributed by atoms with Gasteiger partial charge < -0.3 is 9.47 Å². The molecule has 9 heteroatoms. The highest BCUT2D eigenvalue weighted by molar-refractivity contribution is 7.88. The van der Waals surface area contributed by atoms with Crippen LogP contribution < -0.4 is 15.0 Å². The SMILES string of the molecule is COc1cc2ncn(Cc3ccccc3)c(=O)c2cc1OC1CCN(S(C)(=O)=O)CC1. The normalized spacial score (nSPS) is 15.8. The van der Waals surface area contributed by atoms with Gasteiger partial charge in [0.1, 0.15) is 6.10 Å². The molecule has 2 heterocycles. The number of aromatic nitrogens is 2. The Morgan fingerprint density at radius 3 is 2.45 bits per heavy atom. The second-order valence-electron chi connectivity index (χ2n) is 7.66. The Hall–Kier alpha value is -2.91. The minimum Gasteiger partial charge on any atom is -0.493 e. The molecule has 1 aliphatic rings. The molecule has 1 aliphatic heterocycles. The molecule has 0 aliphatic carbocycles. The van der Waals surface area contributed by atoms with E-state index >= 15 is 0 Å². The largest absolute Gasteiger partial charge is 0.493 e. The molecule has 3 aromatic rings. The van der Waals surface area contributed by atoms with Gasteiger partial charge in [0.25, 0.3) is 5.56 Å². The van der Waals surface area contributed by atoms with Crippen molar-refractivity contribution in [1.29, 1.82) is 0 Å². The first-order valence-electron chi connectivity index (χ1n) is 10.1. The molecule has 1 fully saturated rings. The monoisotopic (exact) mass is 443 g/mol. The van der Waals surface area contributed by atoms with E-state index in [0.717, 1.165) is 5.56 Å². The van der Waals surface area contributed by atoms with Crippen molar-refractivity contribution < 1.29 is 17.9 Å². The molecule has 0 atom stereocenters. The van der Waals surface area contributed by atoms with Gasteiger partial charge in [-0.3, -0.25) is 9.36 Å². The van der Waals surface area contributed by atoms with E-state index in [1.165, 1.54) is 17.7 Å². The van der Waals surface area contributed by atoms with Crippen LogP contribution in [-0.2, 0) is 16.6 Å². The average molecular weight is 444 g/mol. The number of rotatable bonds is 6. The van der Waals surface area contributed by atoms with Crippen molar-refractivity contribution in [2.45, 2.75) is 25.5 Å². The molecule has 0 spiro atoms. The number of fused-ring (bicyclic) bond motifs is 1. The van der Waals surface area contributed by atoms with Gasteiger partial charge in [-0.15, -0.1) is 0 Å². The first-order chi connectivity index (χ1) is 14.8. The minimum atomic E-state index is -3.20. The van der Waals surface area contributed by atoms with Crippen molar-refractivity contribution in [1.82, 2.24) is 13.9 Å². The van der Waals surface area contributed by atoms with Crippen molar-refractivity contribution in [3.8, 4) is 11.5 Å². The molecular weight excluding hydrogens is 418 g/mol. The maximum atomic E-state index is 13.1. The molecule has 1 saturated heterocycles. The zero-order valence-electron chi connectivity index (χ0n) is 17.5. The van der Waals surface area contributed by atoms with Gasteiger partial charge in [-0.05, 0) is 24.5 Å². The number of piperidine rings is 1. The van der Waals surface area contributed by atoms with Crippen LogP contribution in [0.5, 0.6) is 11.5 Å². The van der Waals surface area contributed by atoms with Gasteiger partial charge >= 0.3 is 0 Å². The van der Waals surface area contributed by atoms with Gasteiger partial charge in [0, 0.05) is 19.2 Å². The summed E-state index contributed by atoms with van der Waals surface area (Å²) in [5.74, 6) is 0.954. The van der Waals surface area contributed by atoms with E-state index in [9.17, 15) is 13.2 Å². The standard InChI is InChI=1S/C22H25N3O5S/c1-29-20-13-19-18(22(26)24(15-23-19)14-16-6-4-3-5-7-16)12-21(20)30-17-8-10-25(11-9-17)31(2,27)28/h3-7,12-13,15,17H,8-11,14H2,1-2H3. The first kappa shape index (κ1) is 21.3. The fraction of sp³-hybridized carbons (Fsp3) is 0.364. The lowest BCUT2D eigenvalue weighted by atomic mass is 10.1. The van der Waals surface area contributed by atoms with E-state index in [4.69, 9.17) is 9.47 Å². The number of hydrogen-bond acceptors (Lipinski definition) is 6. The molecule has 0 radical (unpaired) electrons. The van der Waals surface area contributed by atoms with Crippen LogP contribution in [0.1, 0.15) is 18.4 Å². The summed E-state index contributed by atoms with van der Waals surface area (Å²) in [6.07, 6.45) is 3.73. The van der Waals surface area contributed by atoms with E-state index in [1.54, 1.807) is 23.0 Å². The zero-order chi connectivity index (χ0) is 22.0. The lowest BCUT2D eigenvalue weighted by Crippen LogP contribution is -2.41. The first-order valence-corrected chi connectivity index (χ1v) is 11.9. The van der Waals surface area contributed by atoms with Gasteiger partial charge in [0.2, 0.25) is 10.0 Å². The van der Waals surface area contributed by atoms with Crippen LogP contribution in [-0.4, -0.2) is 54.8 Å². The van der Waals surface area contributed by atoms with E-state index in [-0.39, 0.29) is 11.7 Å². The molecule has 8 nitrogen and oxygen atoms in total. The predicted octanol–water partition coefficient (Wildman–Crippen LogP) is 2.26. The molecule has 2 aromatic carbocycles. The van der Waals surface area contributed by atoms with Crippen molar-refractivity contribution in [2.24, 2.45) is 0 Å². The second kappa shape index (κ2) is 8.68. The molecule has 164 valence electrons. The Labute approximate surface area is 181 Å². The Balaban J connectivity index is 1.61. The highest BCUT2D eigenvalue weighted by Gasteiger charge is 2.26. The van der Waals surface area contributed by atoms with Crippen LogP contribution in [0.15, 0.2) is 53.6 Å². The smallest absolute Gasteiger partial charge is 0.261 e. The lowest BCUT2D eigenvalue weighted by Gasteiger charge is -2.30. The molecule has 1 aromatic heterocycles. The zero-order valence-corrected chi connectivity index (χ0v) is 18.3. The van der Waals surface area contributed by atoms with Crippen LogP contribution >= 0.6 is 0 Å². The third kappa shape index (κ3) is 4.72. The van der Waals surface area contributed by atoms with Gasteiger partial charge in [0.05, 0.1) is 37.1 Å². The summed E-state index contributed by atoms with van der Waals surface area (Å²) in [5.41, 5.74) is 1.38. The summed E-state index contributed by atoms with van der Waals surface area (Å²) in [6, 6.07) is 13.1. The second-order valence-corrected chi connectivity index (χ2v) is 9.65. The fourth-order valence-corrected chi connectivity index (χ4v) is 4.65. The summed E-state index contributed by atoms with van der Waals surface area (Å²) < 4.78 is 38.1. The fourth-order valence-electron chi connectivity index (χ4n) is 3.77. The summed E-state index contributed by atoms with van der Waals surface area (Å²) in [5, 5.41) is 0.447. The molecule has 4 rings (SSSR count). The van der Waals surface area contributed by atoms with Crippen LogP contribution in [0.3, 0.4) is 0 Å². The minimum absolute atomic E-state index is 0.159. The van der Waals surface area contributed by atoms with E-state index < -0.39 is 10.0 Å².